The molecule has 1 nitrogen and oxygen atoms in total. The third kappa shape index (κ3) is 2.20. The van der Waals surface area contributed by atoms with E-state index in [9.17, 15) is 4.79 Å². The van der Waals surface area contributed by atoms with Gasteiger partial charge in [0.25, 0.3) is 0 Å². The first-order valence-electron chi connectivity index (χ1n) is 4.94. The molecule has 1 heteroatoms. The van der Waals surface area contributed by atoms with Crippen LogP contribution in [-0.2, 0) is 4.79 Å². The smallest absolute Gasteiger partial charge is 0.139 e. The average Bonchev–Trinajstić information content (AvgIpc) is 2.17. The molecule has 0 aromatic heterocycles. The second-order valence-corrected chi connectivity index (χ2v) is 3.69. The fourth-order valence-electron chi connectivity index (χ4n) is 1.66. The fourth-order valence-corrected chi connectivity index (χ4v) is 1.66. The number of allylic oxidation sites excluding steroid dienone is 2. The van der Waals surface area contributed by atoms with E-state index in [2.05, 4.69) is 19.1 Å². The summed E-state index contributed by atoms with van der Waals surface area (Å²) in [4.78, 5) is 11.7. The van der Waals surface area contributed by atoms with Crippen LogP contribution in [0.3, 0.4) is 0 Å². The minimum Gasteiger partial charge on any atom is -0.299 e. The van der Waals surface area contributed by atoms with Crippen LogP contribution in [0, 0.1) is 11.8 Å². The van der Waals surface area contributed by atoms with Crippen LogP contribution >= 0.6 is 0 Å². The van der Waals surface area contributed by atoms with E-state index in [1.165, 1.54) is 0 Å². The molecule has 2 unspecified atom stereocenters. The molecular formula is C11H18O. The van der Waals surface area contributed by atoms with Crippen LogP contribution in [0.15, 0.2) is 12.2 Å². The molecular weight excluding hydrogens is 148 g/mol. The van der Waals surface area contributed by atoms with Crippen LogP contribution in [0.25, 0.3) is 0 Å². The molecule has 0 radical (unpaired) electrons. The minimum atomic E-state index is 0.265. The van der Waals surface area contributed by atoms with Crippen LogP contribution < -0.4 is 0 Å². The Kier molecular flexibility index (Phi) is 3.51. The molecule has 0 N–H and O–H groups in total. The van der Waals surface area contributed by atoms with E-state index in [-0.39, 0.29) is 5.92 Å². The standard InChI is InChI=1S/C11H18O/c1-3-9(2)11(12)10-7-5-4-6-8-10/h4-5,9-10H,3,6-8H2,1-2H3. The fraction of sp³-hybridized carbons (Fsp3) is 0.727. The van der Waals surface area contributed by atoms with Gasteiger partial charge in [0, 0.05) is 11.8 Å². The summed E-state index contributed by atoms with van der Waals surface area (Å²) in [6.45, 7) is 4.13. The van der Waals surface area contributed by atoms with E-state index in [4.69, 9.17) is 0 Å². The molecule has 0 spiro atoms. The summed E-state index contributed by atoms with van der Waals surface area (Å²) < 4.78 is 0. The summed E-state index contributed by atoms with van der Waals surface area (Å²) in [7, 11) is 0. The number of carbonyl (C=O) groups excluding carboxylic acids is 1. The van der Waals surface area contributed by atoms with Gasteiger partial charge in [0.1, 0.15) is 5.78 Å². The maximum atomic E-state index is 11.7. The van der Waals surface area contributed by atoms with Crippen LogP contribution in [0.5, 0.6) is 0 Å². The van der Waals surface area contributed by atoms with Gasteiger partial charge in [-0.3, -0.25) is 4.79 Å². The van der Waals surface area contributed by atoms with Crippen molar-refractivity contribution in [3.05, 3.63) is 12.2 Å². The predicted octanol–water partition coefficient (Wildman–Crippen LogP) is 2.96. The summed E-state index contributed by atoms with van der Waals surface area (Å²) in [6, 6.07) is 0. The van der Waals surface area contributed by atoms with Gasteiger partial charge in [-0.1, -0.05) is 26.0 Å². The Labute approximate surface area is 74.9 Å². The molecule has 0 heterocycles. The number of hydrogen-bond donors (Lipinski definition) is 0. The Morgan fingerprint density at radius 1 is 1.58 bits per heavy atom. The van der Waals surface area contributed by atoms with Crippen molar-refractivity contribution in [2.24, 2.45) is 11.8 Å². The number of ketones is 1. The molecule has 0 saturated heterocycles. The number of rotatable bonds is 3. The third-order valence-corrected chi connectivity index (χ3v) is 2.77. The van der Waals surface area contributed by atoms with Crippen LogP contribution in [0.4, 0.5) is 0 Å². The second-order valence-electron chi connectivity index (χ2n) is 3.69. The van der Waals surface area contributed by atoms with E-state index in [1.807, 2.05) is 6.92 Å². The van der Waals surface area contributed by atoms with Gasteiger partial charge >= 0.3 is 0 Å². The maximum absolute atomic E-state index is 11.7. The van der Waals surface area contributed by atoms with Gasteiger partial charge in [-0.15, -0.1) is 0 Å². The van der Waals surface area contributed by atoms with Crippen molar-refractivity contribution in [1.82, 2.24) is 0 Å². The van der Waals surface area contributed by atoms with Crippen LogP contribution in [0.1, 0.15) is 39.5 Å². The van der Waals surface area contributed by atoms with Gasteiger partial charge in [-0.25, -0.2) is 0 Å². The average molecular weight is 166 g/mol. The van der Waals surface area contributed by atoms with Crippen molar-refractivity contribution in [3.8, 4) is 0 Å². The second kappa shape index (κ2) is 4.44. The zero-order chi connectivity index (χ0) is 8.97. The Morgan fingerprint density at radius 3 is 2.83 bits per heavy atom. The Balaban J connectivity index is 2.46. The highest BCUT2D eigenvalue weighted by atomic mass is 16.1. The Morgan fingerprint density at radius 2 is 2.33 bits per heavy atom. The minimum absolute atomic E-state index is 0.265. The van der Waals surface area contributed by atoms with E-state index in [0.717, 1.165) is 25.7 Å². The first-order chi connectivity index (χ1) is 5.75. The van der Waals surface area contributed by atoms with Gasteiger partial charge in [0.05, 0.1) is 0 Å². The van der Waals surface area contributed by atoms with Gasteiger partial charge in [0.2, 0.25) is 0 Å². The molecule has 1 rings (SSSR count). The molecule has 1 aliphatic carbocycles. The van der Waals surface area contributed by atoms with Crippen LogP contribution in [-0.4, -0.2) is 5.78 Å². The van der Waals surface area contributed by atoms with Crippen molar-refractivity contribution >= 4 is 5.78 Å². The predicted molar refractivity (Wildman–Crippen MR) is 50.9 cm³/mol. The lowest BCUT2D eigenvalue weighted by Gasteiger charge is -2.19. The maximum Gasteiger partial charge on any atom is 0.139 e. The highest BCUT2D eigenvalue weighted by Gasteiger charge is 2.22. The molecule has 0 amide bonds. The van der Waals surface area contributed by atoms with Gasteiger partial charge in [-0.05, 0) is 25.7 Å². The zero-order valence-electron chi connectivity index (χ0n) is 8.05. The molecule has 2 atom stereocenters. The summed E-state index contributed by atoms with van der Waals surface area (Å²) in [6.07, 6.45) is 8.45. The van der Waals surface area contributed by atoms with Crippen molar-refractivity contribution in [2.45, 2.75) is 39.5 Å². The largest absolute Gasteiger partial charge is 0.299 e. The normalized spacial score (nSPS) is 25.3. The lowest BCUT2D eigenvalue weighted by Crippen LogP contribution is -2.21. The van der Waals surface area contributed by atoms with Gasteiger partial charge < -0.3 is 0 Å². The van der Waals surface area contributed by atoms with E-state index in [1.54, 1.807) is 0 Å². The number of carbonyl (C=O) groups is 1. The van der Waals surface area contributed by atoms with Gasteiger partial charge in [-0.2, -0.15) is 0 Å². The van der Waals surface area contributed by atoms with Crippen molar-refractivity contribution in [2.75, 3.05) is 0 Å². The molecule has 12 heavy (non-hydrogen) atoms. The van der Waals surface area contributed by atoms with Crippen molar-refractivity contribution < 1.29 is 4.79 Å². The first-order valence-corrected chi connectivity index (χ1v) is 4.94. The highest BCUT2D eigenvalue weighted by Crippen LogP contribution is 2.23. The van der Waals surface area contributed by atoms with E-state index < -0.39 is 0 Å². The Hall–Kier alpha value is -0.590. The van der Waals surface area contributed by atoms with E-state index in [0.29, 0.717) is 11.7 Å². The monoisotopic (exact) mass is 166 g/mol. The van der Waals surface area contributed by atoms with Crippen LogP contribution in [0.2, 0.25) is 0 Å². The van der Waals surface area contributed by atoms with E-state index >= 15 is 0 Å². The molecule has 0 aromatic carbocycles. The topological polar surface area (TPSA) is 17.1 Å². The molecule has 0 aromatic rings. The first kappa shape index (κ1) is 9.50. The molecule has 0 aliphatic heterocycles. The Bertz CT molecular complexity index is 181. The molecule has 1 aliphatic rings. The van der Waals surface area contributed by atoms with Gasteiger partial charge in [0.15, 0.2) is 0 Å². The van der Waals surface area contributed by atoms with Crippen molar-refractivity contribution in [3.63, 3.8) is 0 Å². The zero-order valence-corrected chi connectivity index (χ0v) is 8.05. The summed E-state index contributed by atoms with van der Waals surface area (Å²) in [5.74, 6) is 1.06. The van der Waals surface area contributed by atoms with Crippen molar-refractivity contribution in [1.29, 1.82) is 0 Å². The lowest BCUT2D eigenvalue weighted by atomic mass is 9.84. The molecule has 68 valence electrons. The summed E-state index contributed by atoms with van der Waals surface area (Å²) >= 11 is 0. The third-order valence-electron chi connectivity index (χ3n) is 2.77. The molecule has 0 saturated carbocycles. The number of Topliss-reactive ketones (excluding diaryl/α,β-unsaturated/α-hetero) is 1. The summed E-state index contributed by atoms with van der Waals surface area (Å²) in [5.41, 5.74) is 0. The lowest BCUT2D eigenvalue weighted by molar-refractivity contribution is -0.126. The quantitative estimate of drug-likeness (QED) is 0.589. The molecule has 0 fully saturated rings. The molecule has 0 bridgehead atoms. The number of hydrogen-bond acceptors (Lipinski definition) is 1. The highest BCUT2D eigenvalue weighted by molar-refractivity contribution is 5.83. The summed E-state index contributed by atoms with van der Waals surface area (Å²) in [5, 5.41) is 0. The SMILES string of the molecule is CCC(C)C(=O)C1CC=CCC1.